The van der Waals surface area contributed by atoms with E-state index in [1.54, 1.807) is 18.6 Å². The minimum absolute atomic E-state index is 0.126. The zero-order valence-electron chi connectivity index (χ0n) is 15.1. The molecular weight excluding hydrogens is 380 g/mol. The molecule has 2 unspecified atom stereocenters. The van der Waals surface area contributed by atoms with Crippen LogP contribution in [0.2, 0.25) is 0 Å². The van der Waals surface area contributed by atoms with Crippen LogP contribution in [-0.2, 0) is 27.8 Å². The number of halogens is 2. The lowest BCUT2D eigenvalue weighted by Crippen LogP contribution is -2.40. The number of rotatable bonds is 5. The molecule has 1 fully saturated rings. The molecule has 0 aromatic heterocycles. The van der Waals surface area contributed by atoms with Gasteiger partial charge in [0.05, 0.1) is 0 Å². The number of carbonyl (C=O) groups excluding carboxylic acids is 1. The van der Waals surface area contributed by atoms with Gasteiger partial charge < -0.3 is 10.4 Å². The third-order valence-corrected chi connectivity index (χ3v) is 6.40. The second-order valence-corrected chi connectivity index (χ2v) is 8.94. The predicted octanol–water partition coefficient (Wildman–Crippen LogP) is 1.15. The maximum Gasteiger partial charge on any atom is 0.326 e. The third kappa shape index (κ3) is 3.86. The first-order valence-corrected chi connectivity index (χ1v) is 10.3. The van der Waals surface area contributed by atoms with Crippen molar-refractivity contribution in [1.82, 2.24) is 10.0 Å². The van der Waals surface area contributed by atoms with Crippen molar-refractivity contribution in [1.29, 1.82) is 0 Å². The summed E-state index contributed by atoms with van der Waals surface area (Å²) in [6.45, 7) is 3.13. The van der Waals surface area contributed by atoms with Gasteiger partial charge in [0.15, 0.2) is 5.82 Å². The standard InChI is InChI=1S/C17H23F2N3O4S/c1-9(2)13(18)7-20-11-4-3-10-5-14(23)17(16(19)12(10)6-11)22-8-15(24)21-27(22,25)26/h5,9,11,13,20,23H,3-4,6-8H2,1-2H3,(H,21,24). The van der Waals surface area contributed by atoms with E-state index in [1.807, 2.05) is 0 Å². The van der Waals surface area contributed by atoms with Crippen LogP contribution in [0, 0.1) is 11.7 Å². The molecule has 1 saturated heterocycles. The number of amides is 1. The Labute approximate surface area is 156 Å². The van der Waals surface area contributed by atoms with Gasteiger partial charge in [-0.15, -0.1) is 0 Å². The molecule has 1 aliphatic heterocycles. The maximum absolute atomic E-state index is 15.1. The van der Waals surface area contributed by atoms with Crippen LogP contribution in [0.15, 0.2) is 6.07 Å². The average Bonchev–Trinajstić information content (AvgIpc) is 2.85. The highest BCUT2D eigenvalue weighted by molar-refractivity contribution is 7.92. The normalized spacial score (nSPS) is 22.6. The molecular formula is C17H23F2N3O4S. The first-order valence-electron chi connectivity index (χ1n) is 8.84. The van der Waals surface area contributed by atoms with Crippen molar-refractivity contribution >= 4 is 21.8 Å². The van der Waals surface area contributed by atoms with E-state index in [0.29, 0.717) is 22.7 Å². The monoisotopic (exact) mass is 403 g/mol. The van der Waals surface area contributed by atoms with Crippen LogP contribution in [0.1, 0.15) is 31.4 Å². The lowest BCUT2D eigenvalue weighted by molar-refractivity contribution is -0.117. The van der Waals surface area contributed by atoms with Gasteiger partial charge in [-0.2, -0.15) is 8.42 Å². The predicted molar refractivity (Wildman–Crippen MR) is 96.0 cm³/mol. The number of phenolic OH excluding ortho intramolecular Hbond substituents is 1. The van der Waals surface area contributed by atoms with Gasteiger partial charge in [0.25, 0.3) is 5.91 Å². The molecule has 0 spiro atoms. The summed E-state index contributed by atoms with van der Waals surface area (Å²) in [5, 5.41) is 13.3. The number of nitrogens with zero attached hydrogens (tertiary/aromatic N) is 1. The number of phenols is 1. The Morgan fingerprint density at radius 2 is 2.15 bits per heavy atom. The van der Waals surface area contributed by atoms with Crippen LogP contribution < -0.4 is 14.3 Å². The molecule has 10 heteroatoms. The quantitative estimate of drug-likeness (QED) is 0.685. The molecule has 3 N–H and O–H groups in total. The van der Waals surface area contributed by atoms with Crippen molar-refractivity contribution in [2.45, 2.75) is 45.3 Å². The number of anilines is 1. The number of aromatic hydroxyl groups is 1. The molecule has 0 saturated carbocycles. The van der Waals surface area contributed by atoms with E-state index in [0.717, 1.165) is 0 Å². The summed E-state index contributed by atoms with van der Waals surface area (Å²) in [7, 11) is -4.24. The minimum Gasteiger partial charge on any atom is -0.506 e. The number of hydrogen-bond acceptors (Lipinski definition) is 5. The van der Waals surface area contributed by atoms with E-state index in [-0.39, 0.29) is 30.5 Å². The molecule has 150 valence electrons. The number of alkyl halides is 1. The number of hydrogen-bond donors (Lipinski definition) is 3. The highest BCUT2D eigenvalue weighted by atomic mass is 32.2. The summed E-state index contributed by atoms with van der Waals surface area (Å²) in [4.78, 5) is 11.4. The molecule has 27 heavy (non-hydrogen) atoms. The lowest BCUT2D eigenvalue weighted by atomic mass is 9.87. The van der Waals surface area contributed by atoms with Crippen LogP contribution in [0.3, 0.4) is 0 Å². The van der Waals surface area contributed by atoms with Gasteiger partial charge >= 0.3 is 10.2 Å². The van der Waals surface area contributed by atoms with Gasteiger partial charge in [-0.05, 0) is 42.4 Å². The second kappa shape index (κ2) is 7.23. The van der Waals surface area contributed by atoms with Crippen LogP contribution in [0.5, 0.6) is 5.75 Å². The maximum atomic E-state index is 15.1. The Morgan fingerprint density at radius 1 is 1.44 bits per heavy atom. The topological polar surface area (TPSA) is 98.7 Å². The summed E-state index contributed by atoms with van der Waals surface area (Å²) >= 11 is 0. The van der Waals surface area contributed by atoms with Gasteiger partial charge in [-0.1, -0.05) is 13.8 Å². The molecule has 1 amide bonds. The van der Waals surface area contributed by atoms with Crippen LogP contribution in [0.25, 0.3) is 0 Å². The fraction of sp³-hybridized carbons (Fsp3) is 0.588. The molecule has 0 bridgehead atoms. The highest BCUT2D eigenvalue weighted by Crippen LogP contribution is 2.39. The molecule has 3 rings (SSSR count). The first-order chi connectivity index (χ1) is 12.6. The largest absolute Gasteiger partial charge is 0.506 e. The Bertz CT molecular complexity index is 860. The molecule has 2 atom stereocenters. The second-order valence-electron chi connectivity index (χ2n) is 7.34. The van der Waals surface area contributed by atoms with Crippen molar-refractivity contribution < 1.29 is 27.1 Å². The van der Waals surface area contributed by atoms with Crippen molar-refractivity contribution in [3.8, 4) is 5.75 Å². The summed E-state index contributed by atoms with van der Waals surface area (Å²) in [6.07, 6.45) is 0.353. The van der Waals surface area contributed by atoms with Gasteiger partial charge in [0.2, 0.25) is 0 Å². The van der Waals surface area contributed by atoms with E-state index >= 15 is 4.39 Å². The molecule has 1 aromatic rings. The number of carbonyl (C=O) groups is 1. The van der Waals surface area contributed by atoms with E-state index in [2.05, 4.69) is 5.32 Å². The summed E-state index contributed by atoms with van der Waals surface area (Å²) < 4.78 is 55.3. The molecule has 1 aliphatic carbocycles. The Morgan fingerprint density at radius 3 is 2.74 bits per heavy atom. The highest BCUT2D eigenvalue weighted by Gasteiger charge is 2.39. The molecule has 7 nitrogen and oxygen atoms in total. The van der Waals surface area contributed by atoms with Crippen LogP contribution in [0.4, 0.5) is 14.5 Å². The molecule has 1 aromatic carbocycles. The fourth-order valence-corrected chi connectivity index (χ4v) is 4.57. The van der Waals surface area contributed by atoms with E-state index in [1.165, 1.54) is 6.07 Å². The Hall–Kier alpha value is -1.94. The van der Waals surface area contributed by atoms with Crippen LogP contribution >= 0.6 is 0 Å². The van der Waals surface area contributed by atoms with E-state index < -0.39 is 46.1 Å². The van der Waals surface area contributed by atoms with Crippen LogP contribution in [-0.4, -0.2) is 44.7 Å². The number of aryl methyl sites for hydroxylation is 1. The molecule has 1 heterocycles. The number of benzene rings is 1. The SMILES string of the molecule is CC(C)C(F)CNC1CCc2cc(O)c(N3CC(=O)NS3(=O)=O)c(F)c2C1. The average molecular weight is 403 g/mol. The van der Waals surface area contributed by atoms with Gasteiger partial charge in [-0.3, -0.25) is 4.79 Å². The van der Waals surface area contributed by atoms with Gasteiger partial charge in [0, 0.05) is 12.6 Å². The summed E-state index contributed by atoms with van der Waals surface area (Å²) in [5.41, 5.74) is 0.336. The lowest BCUT2D eigenvalue weighted by Gasteiger charge is -2.29. The van der Waals surface area contributed by atoms with Crippen molar-refractivity contribution in [3.63, 3.8) is 0 Å². The zero-order valence-corrected chi connectivity index (χ0v) is 15.9. The van der Waals surface area contributed by atoms with Gasteiger partial charge in [-0.25, -0.2) is 17.8 Å². The van der Waals surface area contributed by atoms with E-state index in [4.69, 9.17) is 0 Å². The van der Waals surface area contributed by atoms with Gasteiger partial charge in [0.1, 0.15) is 24.2 Å². The summed E-state index contributed by atoms with van der Waals surface area (Å²) in [6, 6.07) is 1.19. The van der Waals surface area contributed by atoms with Crippen molar-refractivity contribution in [2.24, 2.45) is 5.92 Å². The number of nitrogens with one attached hydrogen (secondary N) is 2. The minimum atomic E-state index is -4.24. The Balaban J connectivity index is 1.87. The molecule has 0 radical (unpaired) electrons. The van der Waals surface area contributed by atoms with E-state index in [9.17, 15) is 22.7 Å². The molecule has 2 aliphatic rings. The first kappa shape index (κ1) is 19.8. The zero-order chi connectivity index (χ0) is 19.9. The Kier molecular flexibility index (Phi) is 5.31. The van der Waals surface area contributed by atoms with Crippen molar-refractivity contribution in [2.75, 3.05) is 17.4 Å². The third-order valence-electron chi connectivity index (χ3n) is 5.02. The summed E-state index contributed by atoms with van der Waals surface area (Å²) in [5.74, 6) is -2.31. The number of fused-ring (bicyclic) bond motifs is 1. The fourth-order valence-electron chi connectivity index (χ4n) is 3.41. The van der Waals surface area contributed by atoms with Crippen molar-refractivity contribution in [3.05, 3.63) is 23.0 Å². The smallest absolute Gasteiger partial charge is 0.326 e.